The molecule has 0 saturated heterocycles. The summed E-state index contributed by atoms with van der Waals surface area (Å²) in [5, 5.41) is 6.31. The second kappa shape index (κ2) is 7.29. The predicted molar refractivity (Wildman–Crippen MR) is 91.0 cm³/mol. The number of nitrogens with one attached hydrogen (secondary N) is 2. The Hall–Kier alpha value is -1.63. The number of benzene rings is 1. The topological polar surface area (TPSA) is 70.6 Å². The smallest absolute Gasteiger partial charge is 0.191 e. The average Bonchev–Trinajstić information content (AvgIpc) is 3.27. The summed E-state index contributed by atoms with van der Waals surface area (Å²) in [6, 6.07) is 6.89. The summed E-state index contributed by atoms with van der Waals surface area (Å²) in [7, 11) is -1.28. The van der Waals surface area contributed by atoms with E-state index in [1.807, 2.05) is 12.1 Å². The van der Waals surface area contributed by atoms with E-state index in [0.717, 1.165) is 18.4 Å². The Labute approximate surface area is 137 Å². The number of guanidine groups is 1. The fourth-order valence-electron chi connectivity index (χ4n) is 2.60. The molecule has 1 aliphatic carbocycles. The summed E-state index contributed by atoms with van der Waals surface area (Å²) in [5.41, 5.74) is 0.593. The summed E-state index contributed by atoms with van der Waals surface area (Å²) in [5.74, 6) is 0.597. The van der Waals surface area contributed by atoms with Gasteiger partial charge in [0.25, 0.3) is 0 Å². The Morgan fingerprint density at radius 1 is 1.30 bits per heavy atom. The Kier molecular flexibility index (Phi) is 5.62. The van der Waals surface area contributed by atoms with Crippen molar-refractivity contribution in [2.75, 3.05) is 32.1 Å². The molecule has 23 heavy (non-hydrogen) atoms. The lowest BCUT2D eigenvalue weighted by molar-refractivity contribution is 0.559. The minimum atomic E-state index is -2.94. The molecule has 2 rings (SSSR count). The number of aliphatic imine (C=N–C) groups is 1. The first-order chi connectivity index (χ1) is 10.9. The van der Waals surface area contributed by atoms with Crippen molar-refractivity contribution < 1.29 is 12.8 Å². The Bertz CT molecular complexity index is 670. The van der Waals surface area contributed by atoms with Gasteiger partial charge in [-0.3, -0.25) is 4.99 Å². The van der Waals surface area contributed by atoms with Crippen LogP contribution in [0.15, 0.2) is 29.3 Å². The van der Waals surface area contributed by atoms with E-state index in [9.17, 15) is 12.8 Å². The number of hydrogen-bond donors (Lipinski definition) is 2. The lowest BCUT2D eigenvalue weighted by Gasteiger charge is -2.19. The van der Waals surface area contributed by atoms with Gasteiger partial charge < -0.3 is 10.6 Å². The van der Waals surface area contributed by atoms with Crippen LogP contribution in [0.5, 0.6) is 0 Å². The first-order valence-corrected chi connectivity index (χ1v) is 9.80. The van der Waals surface area contributed by atoms with Gasteiger partial charge in [0.15, 0.2) is 5.96 Å². The van der Waals surface area contributed by atoms with Gasteiger partial charge in [0.2, 0.25) is 0 Å². The van der Waals surface area contributed by atoms with Crippen molar-refractivity contribution in [1.82, 2.24) is 10.6 Å². The average molecular weight is 341 g/mol. The first-order valence-electron chi connectivity index (χ1n) is 7.74. The summed E-state index contributed by atoms with van der Waals surface area (Å²) in [6.07, 6.45) is 3.65. The predicted octanol–water partition coefficient (Wildman–Crippen LogP) is 1.46. The van der Waals surface area contributed by atoms with E-state index in [1.165, 1.54) is 12.3 Å². The number of sulfone groups is 1. The molecule has 0 aliphatic heterocycles. The van der Waals surface area contributed by atoms with Crippen molar-refractivity contribution >= 4 is 15.8 Å². The van der Waals surface area contributed by atoms with Gasteiger partial charge in [0, 0.05) is 31.8 Å². The van der Waals surface area contributed by atoms with Gasteiger partial charge in [-0.25, -0.2) is 12.8 Å². The second-order valence-electron chi connectivity index (χ2n) is 6.10. The highest BCUT2D eigenvalue weighted by atomic mass is 32.2. The lowest BCUT2D eigenvalue weighted by Crippen LogP contribution is -2.42. The van der Waals surface area contributed by atoms with E-state index in [2.05, 4.69) is 15.6 Å². The molecule has 128 valence electrons. The van der Waals surface area contributed by atoms with Crippen molar-refractivity contribution in [2.24, 2.45) is 4.99 Å². The van der Waals surface area contributed by atoms with Crippen LogP contribution in [0.4, 0.5) is 4.39 Å². The van der Waals surface area contributed by atoms with Crippen LogP contribution in [0.2, 0.25) is 0 Å². The molecule has 0 bridgehead atoms. The Morgan fingerprint density at radius 2 is 2.00 bits per heavy atom. The van der Waals surface area contributed by atoms with Gasteiger partial charge in [0.1, 0.15) is 15.7 Å². The van der Waals surface area contributed by atoms with Gasteiger partial charge in [0.05, 0.1) is 5.75 Å². The minimum Gasteiger partial charge on any atom is -0.356 e. The number of halogens is 1. The molecule has 1 aromatic carbocycles. The molecule has 0 aromatic heterocycles. The van der Waals surface area contributed by atoms with Crippen LogP contribution in [0.25, 0.3) is 0 Å². The molecular weight excluding hydrogens is 317 g/mol. The molecular formula is C16H24FN3O2S. The summed E-state index contributed by atoms with van der Waals surface area (Å²) in [6.45, 7) is 1.14. The maximum absolute atomic E-state index is 14.0. The third-order valence-corrected chi connectivity index (χ3v) is 5.13. The summed E-state index contributed by atoms with van der Waals surface area (Å²) in [4.78, 5) is 4.12. The molecule has 0 radical (unpaired) electrons. The molecule has 5 nitrogen and oxygen atoms in total. The number of hydrogen-bond acceptors (Lipinski definition) is 3. The third-order valence-electron chi connectivity index (χ3n) is 4.10. The molecule has 0 amide bonds. The maximum atomic E-state index is 14.0. The van der Waals surface area contributed by atoms with Crippen molar-refractivity contribution in [3.05, 3.63) is 35.6 Å². The van der Waals surface area contributed by atoms with E-state index >= 15 is 0 Å². The molecule has 2 N–H and O–H groups in total. The SMILES string of the molecule is CN=C(NCCCS(C)(=O)=O)NCC1(c2ccccc2F)CC1. The highest BCUT2D eigenvalue weighted by Gasteiger charge is 2.45. The van der Waals surface area contributed by atoms with E-state index < -0.39 is 9.84 Å². The molecule has 7 heteroatoms. The van der Waals surface area contributed by atoms with Crippen LogP contribution in [0.1, 0.15) is 24.8 Å². The minimum absolute atomic E-state index is 0.149. The Morgan fingerprint density at radius 3 is 2.57 bits per heavy atom. The van der Waals surface area contributed by atoms with Gasteiger partial charge in [-0.15, -0.1) is 0 Å². The van der Waals surface area contributed by atoms with Crippen LogP contribution < -0.4 is 10.6 Å². The van der Waals surface area contributed by atoms with Crippen LogP contribution in [-0.2, 0) is 15.3 Å². The fraction of sp³-hybridized carbons (Fsp3) is 0.562. The molecule has 0 atom stereocenters. The second-order valence-corrected chi connectivity index (χ2v) is 8.36. The van der Waals surface area contributed by atoms with Gasteiger partial charge in [-0.1, -0.05) is 18.2 Å². The highest BCUT2D eigenvalue weighted by molar-refractivity contribution is 7.90. The zero-order chi connectivity index (χ0) is 16.9. The lowest BCUT2D eigenvalue weighted by atomic mass is 9.95. The first kappa shape index (κ1) is 17.7. The maximum Gasteiger partial charge on any atom is 0.191 e. The molecule has 0 heterocycles. The third kappa shape index (κ3) is 5.20. The van der Waals surface area contributed by atoms with Crippen LogP contribution in [0.3, 0.4) is 0 Å². The standard InChI is InChI=1S/C16H24FN3O2S/c1-18-15(19-10-5-11-23(2,21)22)20-12-16(8-9-16)13-6-3-4-7-14(13)17/h3-4,6-7H,5,8-12H2,1-2H3,(H2,18,19,20). The molecule has 1 fully saturated rings. The van der Waals surface area contributed by atoms with E-state index in [0.29, 0.717) is 25.5 Å². The van der Waals surface area contributed by atoms with Crippen LogP contribution in [0, 0.1) is 5.82 Å². The Balaban J connectivity index is 1.83. The fourth-order valence-corrected chi connectivity index (χ4v) is 3.27. The van der Waals surface area contributed by atoms with Crippen LogP contribution in [-0.4, -0.2) is 46.5 Å². The molecule has 1 aliphatic rings. The van der Waals surface area contributed by atoms with Gasteiger partial charge in [-0.2, -0.15) is 0 Å². The molecule has 1 aromatic rings. The monoisotopic (exact) mass is 341 g/mol. The number of nitrogens with zero attached hydrogens (tertiary/aromatic N) is 1. The molecule has 0 unspecified atom stereocenters. The zero-order valence-corrected chi connectivity index (χ0v) is 14.4. The van der Waals surface area contributed by atoms with E-state index in [1.54, 1.807) is 13.1 Å². The number of rotatable bonds is 7. The normalized spacial score (nSPS) is 16.9. The van der Waals surface area contributed by atoms with Gasteiger partial charge >= 0.3 is 0 Å². The molecule has 1 saturated carbocycles. The molecule has 0 spiro atoms. The van der Waals surface area contributed by atoms with Crippen molar-refractivity contribution in [3.8, 4) is 0 Å². The summed E-state index contributed by atoms with van der Waals surface area (Å²) >= 11 is 0. The largest absolute Gasteiger partial charge is 0.356 e. The van der Waals surface area contributed by atoms with E-state index in [-0.39, 0.29) is 17.0 Å². The van der Waals surface area contributed by atoms with Crippen molar-refractivity contribution in [3.63, 3.8) is 0 Å². The van der Waals surface area contributed by atoms with Crippen molar-refractivity contribution in [1.29, 1.82) is 0 Å². The highest BCUT2D eigenvalue weighted by Crippen LogP contribution is 2.48. The van der Waals surface area contributed by atoms with E-state index in [4.69, 9.17) is 0 Å². The van der Waals surface area contributed by atoms with Crippen molar-refractivity contribution in [2.45, 2.75) is 24.7 Å². The quantitative estimate of drug-likeness (QED) is 0.447. The van der Waals surface area contributed by atoms with Crippen LogP contribution >= 0.6 is 0 Å². The van der Waals surface area contributed by atoms with Gasteiger partial charge in [-0.05, 0) is 30.9 Å². The zero-order valence-electron chi connectivity index (χ0n) is 13.6. The summed E-state index contributed by atoms with van der Waals surface area (Å²) < 4.78 is 36.1.